The molecule has 0 aliphatic carbocycles. The van der Waals surface area contributed by atoms with Crippen molar-refractivity contribution < 1.29 is 9.90 Å². The Labute approximate surface area is 90.7 Å². The number of carbonyl (C=O) groups is 1. The maximum atomic E-state index is 10.7. The zero-order valence-corrected chi connectivity index (χ0v) is 11.1. The number of carboxylic acid groups (broad SMARTS) is 1. The molecule has 1 heterocycles. The lowest BCUT2D eigenvalue weighted by atomic mass is 10.5. The van der Waals surface area contributed by atoms with E-state index in [-0.39, 0.29) is 0 Å². The molecule has 0 saturated heterocycles. The highest BCUT2D eigenvalue weighted by Crippen LogP contribution is 2.22. The summed E-state index contributed by atoms with van der Waals surface area (Å²) in [4.78, 5) is 11.1. The number of halogens is 1. The molecule has 5 heteroatoms. The maximum Gasteiger partial charge on any atom is 0.345 e. The van der Waals surface area contributed by atoms with Gasteiger partial charge in [-0.15, -0.1) is 11.3 Å². The second kappa shape index (κ2) is 3.55. The smallest absolute Gasteiger partial charge is 0.345 e. The fraction of sp³-hybridized carbons (Fsp3) is 0.375. The molecule has 0 aromatic carbocycles. The Balaban J connectivity index is 3.18. The van der Waals surface area contributed by atoms with E-state index in [1.807, 2.05) is 0 Å². The van der Waals surface area contributed by atoms with E-state index >= 15 is 0 Å². The zero-order chi connectivity index (χ0) is 10.2. The quantitative estimate of drug-likeness (QED) is 0.845. The Kier molecular flexibility index (Phi) is 2.99. The van der Waals surface area contributed by atoms with Gasteiger partial charge in [0.25, 0.3) is 0 Å². The normalized spacial score (nSPS) is 11.7. The number of hydrogen-bond donors (Lipinski definition) is 1. The van der Waals surface area contributed by atoms with E-state index in [2.05, 4.69) is 35.6 Å². The Bertz CT molecular complexity index is 340. The van der Waals surface area contributed by atoms with Crippen LogP contribution in [0.2, 0.25) is 19.6 Å². The van der Waals surface area contributed by atoms with Crippen molar-refractivity contribution in [3.8, 4) is 0 Å². The van der Waals surface area contributed by atoms with Crippen molar-refractivity contribution in [3.05, 3.63) is 15.4 Å². The third-order valence-electron chi connectivity index (χ3n) is 1.58. The van der Waals surface area contributed by atoms with Crippen LogP contribution in [0.3, 0.4) is 0 Å². The predicted octanol–water partition coefficient (Wildman–Crippen LogP) is 2.75. The van der Waals surface area contributed by atoms with Crippen LogP contribution in [0.15, 0.2) is 10.5 Å². The van der Waals surface area contributed by atoms with E-state index < -0.39 is 14.0 Å². The molecule has 0 radical (unpaired) electrons. The molecule has 0 atom stereocenters. The molecule has 0 amide bonds. The van der Waals surface area contributed by atoms with Gasteiger partial charge in [-0.1, -0.05) is 35.6 Å². The third kappa shape index (κ3) is 2.42. The van der Waals surface area contributed by atoms with Crippen molar-refractivity contribution in [1.29, 1.82) is 0 Å². The van der Waals surface area contributed by atoms with Crippen LogP contribution >= 0.6 is 27.3 Å². The predicted molar refractivity (Wildman–Crippen MR) is 62.0 cm³/mol. The first-order valence-corrected chi connectivity index (χ1v) is 8.96. The van der Waals surface area contributed by atoms with Gasteiger partial charge in [0.15, 0.2) is 0 Å². The van der Waals surface area contributed by atoms with Gasteiger partial charge in [0.1, 0.15) is 4.88 Å². The molecule has 0 aliphatic heterocycles. The van der Waals surface area contributed by atoms with E-state index in [4.69, 9.17) is 5.11 Å². The Morgan fingerprint density at radius 2 is 2.08 bits per heavy atom. The van der Waals surface area contributed by atoms with E-state index in [0.29, 0.717) is 4.88 Å². The summed E-state index contributed by atoms with van der Waals surface area (Å²) >= 11 is 4.79. The number of hydrogen-bond acceptors (Lipinski definition) is 2. The Morgan fingerprint density at radius 1 is 1.54 bits per heavy atom. The van der Waals surface area contributed by atoms with Gasteiger partial charge in [0, 0.05) is 8.97 Å². The minimum atomic E-state index is -1.39. The lowest BCUT2D eigenvalue weighted by molar-refractivity contribution is 0.0702. The van der Waals surface area contributed by atoms with Gasteiger partial charge < -0.3 is 5.11 Å². The molecule has 13 heavy (non-hydrogen) atoms. The summed E-state index contributed by atoms with van der Waals surface area (Å²) in [5.41, 5.74) is 0. The first-order chi connectivity index (χ1) is 5.82. The van der Waals surface area contributed by atoms with Crippen LogP contribution in [0.1, 0.15) is 9.67 Å². The molecular formula is C8H11BrO2SSi. The highest BCUT2D eigenvalue weighted by Gasteiger charge is 2.24. The van der Waals surface area contributed by atoms with Crippen LogP contribution in [0.5, 0.6) is 0 Å². The van der Waals surface area contributed by atoms with Crippen LogP contribution in [-0.2, 0) is 0 Å². The average molecular weight is 279 g/mol. The van der Waals surface area contributed by atoms with E-state index in [0.717, 1.165) is 4.47 Å². The minimum absolute atomic E-state index is 0.421. The van der Waals surface area contributed by atoms with Gasteiger partial charge in [0.2, 0.25) is 0 Å². The lowest BCUT2D eigenvalue weighted by Gasteiger charge is -2.13. The van der Waals surface area contributed by atoms with E-state index in [9.17, 15) is 4.79 Å². The average Bonchev–Trinajstić information content (AvgIpc) is 2.29. The molecule has 2 nitrogen and oxygen atoms in total. The molecule has 1 aromatic heterocycles. The summed E-state index contributed by atoms with van der Waals surface area (Å²) in [5, 5.41) is 8.79. The van der Waals surface area contributed by atoms with Gasteiger partial charge in [-0.25, -0.2) is 4.79 Å². The molecule has 0 fully saturated rings. The van der Waals surface area contributed by atoms with Crippen LogP contribution < -0.4 is 4.50 Å². The Morgan fingerprint density at radius 3 is 2.31 bits per heavy atom. The maximum absolute atomic E-state index is 10.7. The molecule has 0 unspecified atom stereocenters. The highest BCUT2D eigenvalue weighted by atomic mass is 79.9. The van der Waals surface area contributed by atoms with Crippen molar-refractivity contribution in [2.24, 2.45) is 0 Å². The van der Waals surface area contributed by atoms with Crippen molar-refractivity contribution in [2.45, 2.75) is 19.6 Å². The molecule has 0 aliphatic rings. The third-order valence-corrected chi connectivity index (χ3v) is 7.54. The lowest BCUT2D eigenvalue weighted by Crippen LogP contribution is -2.35. The number of carboxylic acids is 1. The van der Waals surface area contributed by atoms with Crippen molar-refractivity contribution in [1.82, 2.24) is 0 Å². The van der Waals surface area contributed by atoms with Crippen LogP contribution in [-0.4, -0.2) is 19.1 Å². The van der Waals surface area contributed by atoms with Gasteiger partial charge in [0.05, 0.1) is 8.07 Å². The van der Waals surface area contributed by atoms with Gasteiger partial charge in [-0.2, -0.15) is 0 Å². The topological polar surface area (TPSA) is 37.3 Å². The fourth-order valence-corrected chi connectivity index (χ4v) is 6.38. The largest absolute Gasteiger partial charge is 0.477 e. The van der Waals surface area contributed by atoms with Crippen molar-refractivity contribution >= 4 is 45.8 Å². The molecule has 0 spiro atoms. The fourth-order valence-electron chi connectivity index (χ4n) is 0.986. The van der Waals surface area contributed by atoms with Crippen LogP contribution in [0.25, 0.3) is 0 Å². The van der Waals surface area contributed by atoms with Gasteiger partial charge in [-0.3, -0.25) is 0 Å². The number of aromatic carboxylic acids is 1. The van der Waals surface area contributed by atoms with Crippen LogP contribution in [0, 0.1) is 0 Å². The standard InChI is InChI=1S/C8H11BrO2SSi/c1-13(2,3)8-5(9)4-6(12-8)7(10)11/h4H,1-3H3,(H,10,11). The van der Waals surface area contributed by atoms with Crippen molar-refractivity contribution in [2.75, 3.05) is 0 Å². The molecule has 0 bridgehead atoms. The zero-order valence-electron chi connectivity index (χ0n) is 7.72. The second-order valence-corrected chi connectivity index (χ2v) is 11.1. The molecule has 1 aromatic rings. The summed E-state index contributed by atoms with van der Waals surface area (Å²) in [6.07, 6.45) is 0. The number of rotatable bonds is 2. The summed E-state index contributed by atoms with van der Waals surface area (Å²) in [6.45, 7) is 6.61. The molecule has 0 saturated carbocycles. The minimum Gasteiger partial charge on any atom is -0.477 e. The molecule has 1 N–H and O–H groups in total. The van der Waals surface area contributed by atoms with E-state index in [1.54, 1.807) is 6.07 Å². The van der Waals surface area contributed by atoms with Gasteiger partial charge in [-0.05, 0) is 6.07 Å². The summed E-state index contributed by atoms with van der Waals surface area (Å²) in [6, 6.07) is 1.70. The summed E-state index contributed by atoms with van der Waals surface area (Å²) < 4.78 is 2.17. The van der Waals surface area contributed by atoms with Crippen molar-refractivity contribution in [3.63, 3.8) is 0 Å². The summed E-state index contributed by atoms with van der Waals surface area (Å²) in [5.74, 6) is -0.838. The SMILES string of the molecule is C[Si](C)(C)c1sc(C(=O)O)cc1Br. The molecular weight excluding hydrogens is 268 g/mol. The Hall–Kier alpha value is -0.133. The second-order valence-electron chi connectivity index (χ2n) is 3.84. The highest BCUT2D eigenvalue weighted by molar-refractivity contribution is 9.10. The summed E-state index contributed by atoms with van der Waals surface area (Å²) in [7, 11) is -1.39. The number of thiophene rings is 1. The molecule has 72 valence electrons. The monoisotopic (exact) mass is 278 g/mol. The molecule has 1 rings (SSSR count). The first kappa shape index (κ1) is 10.9. The van der Waals surface area contributed by atoms with E-state index in [1.165, 1.54) is 15.8 Å². The van der Waals surface area contributed by atoms with Crippen LogP contribution in [0.4, 0.5) is 0 Å². The van der Waals surface area contributed by atoms with Gasteiger partial charge >= 0.3 is 5.97 Å². The first-order valence-electron chi connectivity index (χ1n) is 3.85.